The van der Waals surface area contributed by atoms with Gasteiger partial charge in [0.05, 0.1) is 0 Å². The molecule has 1 N–H and O–H groups in total. The molecule has 0 aliphatic carbocycles. The number of nitrogens with zero attached hydrogens (tertiary/aromatic N) is 2. The summed E-state index contributed by atoms with van der Waals surface area (Å²) in [5, 5.41) is 2.73. The quantitative estimate of drug-likeness (QED) is 0.877. The minimum absolute atomic E-state index is 0.265. The molecule has 0 spiro atoms. The summed E-state index contributed by atoms with van der Waals surface area (Å²) in [6.07, 6.45) is 2.54. The fourth-order valence-electron chi connectivity index (χ4n) is 1.36. The Kier molecular flexibility index (Phi) is 3.09. The fourth-order valence-corrected chi connectivity index (χ4v) is 1.36. The molecule has 0 bridgehead atoms. The Morgan fingerprint density at radius 1 is 1.29 bits per heavy atom. The molecular weight excluding hydrogens is 218 g/mol. The van der Waals surface area contributed by atoms with E-state index in [4.69, 9.17) is 4.42 Å². The molecule has 0 aliphatic rings. The van der Waals surface area contributed by atoms with Gasteiger partial charge in [0.1, 0.15) is 6.26 Å². The van der Waals surface area contributed by atoms with Gasteiger partial charge in [-0.25, -0.2) is 4.98 Å². The first-order valence-electron chi connectivity index (χ1n) is 5.14. The maximum atomic E-state index is 11.6. The zero-order valence-corrected chi connectivity index (χ0v) is 9.68. The summed E-state index contributed by atoms with van der Waals surface area (Å²) in [6.45, 7) is 0. The molecule has 5 nitrogen and oxygen atoms in total. The van der Waals surface area contributed by atoms with Crippen molar-refractivity contribution in [2.24, 2.45) is 0 Å². The number of benzene rings is 1. The van der Waals surface area contributed by atoms with E-state index in [1.807, 2.05) is 43.3 Å². The van der Waals surface area contributed by atoms with E-state index >= 15 is 0 Å². The Hall–Kier alpha value is -2.30. The maximum Gasteiger partial charge on any atom is 0.277 e. The van der Waals surface area contributed by atoms with Gasteiger partial charge >= 0.3 is 0 Å². The molecule has 0 atom stereocenters. The van der Waals surface area contributed by atoms with Crippen LogP contribution in [0.4, 0.5) is 11.4 Å². The number of oxazole rings is 1. The molecule has 5 heteroatoms. The fraction of sp³-hybridized carbons (Fsp3) is 0.167. The van der Waals surface area contributed by atoms with Crippen LogP contribution >= 0.6 is 0 Å². The molecule has 0 aliphatic heterocycles. The van der Waals surface area contributed by atoms with Crippen LogP contribution in [0.1, 0.15) is 10.5 Å². The molecule has 0 fully saturated rings. The molecule has 1 aromatic heterocycles. The van der Waals surface area contributed by atoms with Gasteiger partial charge in [0, 0.05) is 25.5 Å². The van der Waals surface area contributed by atoms with Crippen LogP contribution in [0.25, 0.3) is 0 Å². The van der Waals surface area contributed by atoms with Crippen molar-refractivity contribution >= 4 is 17.3 Å². The highest BCUT2D eigenvalue weighted by Crippen LogP contribution is 2.16. The number of anilines is 2. The minimum atomic E-state index is -0.281. The van der Waals surface area contributed by atoms with Crippen LogP contribution in [0, 0.1) is 0 Å². The first-order valence-corrected chi connectivity index (χ1v) is 5.14. The number of rotatable bonds is 3. The predicted octanol–water partition coefficient (Wildman–Crippen LogP) is 1.99. The maximum absolute atomic E-state index is 11.6. The molecular formula is C12H13N3O2. The molecule has 0 saturated carbocycles. The van der Waals surface area contributed by atoms with Crippen molar-refractivity contribution in [1.29, 1.82) is 0 Å². The number of nitrogens with one attached hydrogen (secondary N) is 1. The van der Waals surface area contributed by atoms with Gasteiger partial charge in [-0.3, -0.25) is 4.79 Å². The molecule has 88 valence electrons. The summed E-state index contributed by atoms with van der Waals surface area (Å²) in [6, 6.07) is 7.54. The van der Waals surface area contributed by atoms with Gasteiger partial charge in [0.2, 0.25) is 0 Å². The summed E-state index contributed by atoms with van der Waals surface area (Å²) < 4.78 is 4.75. The van der Waals surface area contributed by atoms with Crippen LogP contribution in [-0.2, 0) is 0 Å². The number of carbonyl (C=O) groups excluding carboxylic acids is 1. The Bertz CT molecular complexity index is 489. The molecule has 0 saturated heterocycles. The van der Waals surface area contributed by atoms with Gasteiger partial charge in [-0.2, -0.15) is 0 Å². The van der Waals surface area contributed by atoms with E-state index < -0.39 is 0 Å². The van der Waals surface area contributed by atoms with E-state index in [1.54, 1.807) is 0 Å². The smallest absolute Gasteiger partial charge is 0.277 e. The monoisotopic (exact) mass is 231 g/mol. The summed E-state index contributed by atoms with van der Waals surface area (Å²) in [4.78, 5) is 17.4. The zero-order valence-electron chi connectivity index (χ0n) is 9.68. The van der Waals surface area contributed by atoms with Crippen LogP contribution in [0.15, 0.2) is 41.3 Å². The van der Waals surface area contributed by atoms with E-state index in [1.165, 1.54) is 12.7 Å². The van der Waals surface area contributed by atoms with Crippen LogP contribution in [0.2, 0.25) is 0 Å². The number of amides is 1. The topological polar surface area (TPSA) is 58.4 Å². The van der Waals surface area contributed by atoms with Crippen molar-refractivity contribution in [2.75, 3.05) is 24.3 Å². The van der Waals surface area contributed by atoms with E-state index in [9.17, 15) is 4.79 Å². The molecule has 1 aromatic carbocycles. The molecule has 0 radical (unpaired) electrons. The number of carbonyl (C=O) groups is 1. The number of aromatic nitrogens is 1. The summed E-state index contributed by atoms with van der Waals surface area (Å²) in [7, 11) is 3.92. The van der Waals surface area contributed by atoms with Gasteiger partial charge in [-0.05, 0) is 24.3 Å². The highest BCUT2D eigenvalue weighted by Gasteiger charge is 2.08. The summed E-state index contributed by atoms with van der Waals surface area (Å²) in [5.41, 5.74) is 2.06. The van der Waals surface area contributed by atoms with E-state index in [0.29, 0.717) is 0 Å². The first-order chi connectivity index (χ1) is 8.16. The Balaban J connectivity index is 2.07. The Morgan fingerprint density at radius 3 is 2.53 bits per heavy atom. The average molecular weight is 231 g/mol. The summed E-state index contributed by atoms with van der Waals surface area (Å²) >= 11 is 0. The van der Waals surface area contributed by atoms with Crippen LogP contribution in [0.5, 0.6) is 0 Å². The molecule has 2 aromatic rings. The van der Waals surface area contributed by atoms with Crippen LogP contribution in [0.3, 0.4) is 0 Å². The average Bonchev–Trinajstić information content (AvgIpc) is 2.83. The number of hydrogen-bond donors (Lipinski definition) is 1. The lowest BCUT2D eigenvalue weighted by molar-refractivity contribution is 0.102. The zero-order chi connectivity index (χ0) is 12.3. The lowest BCUT2D eigenvalue weighted by Gasteiger charge is -2.12. The Labute approximate surface area is 99.1 Å². The lowest BCUT2D eigenvalue weighted by atomic mass is 10.2. The third-order valence-electron chi connectivity index (χ3n) is 2.31. The van der Waals surface area contributed by atoms with Gasteiger partial charge in [0.25, 0.3) is 5.91 Å². The first kappa shape index (κ1) is 11.2. The van der Waals surface area contributed by atoms with E-state index in [-0.39, 0.29) is 11.6 Å². The second-order valence-corrected chi connectivity index (χ2v) is 3.77. The van der Waals surface area contributed by atoms with Gasteiger partial charge in [-0.15, -0.1) is 0 Å². The van der Waals surface area contributed by atoms with E-state index in [2.05, 4.69) is 10.3 Å². The molecule has 1 heterocycles. The largest absolute Gasteiger partial charge is 0.451 e. The lowest BCUT2D eigenvalue weighted by Crippen LogP contribution is -2.12. The van der Waals surface area contributed by atoms with Crippen molar-refractivity contribution in [3.8, 4) is 0 Å². The normalized spacial score (nSPS) is 10.0. The summed E-state index contributed by atoms with van der Waals surface area (Å²) in [5.74, 6) is -0.281. The van der Waals surface area contributed by atoms with Crippen LogP contribution < -0.4 is 10.2 Å². The van der Waals surface area contributed by atoms with Crippen molar-refractivity contribution in [1.82, 2.24) is 4.98 Å². The molecule has 2 rings (SSSR count). The van der Waals surface area contributed by atoms with Gasteiger partial charge in [0.15, 0.2) is 12.1 Å². The third kappa shape index (κ3) is 2.63. The second-order valence-electron chi connectivity index (χ2n) is 3.77. The van der Waals surface area contributed by atoms with Gasteiger partial charge in [-0.1, -0.05) is 0 Å². The SMILES string of the molecule is CN(C)c1ccc(NC(=O)c2cocn2)cc1. The van der Waals surface area contributed by atoms with Gasteiger partial charge < -0.3 is 14.6 Å². The van der Waals surface area contributed by atoms with Crippen molar-refractivity contribution in [2.45, 2.75) is 0 Å². The molecule has 0 unspecified atom stereocenters. The molecule has 1 amide bonds. The van der Waals surface area contributed by atoms with Crippen molar-refractivity contribution < 1.29 is 9.21 Å². The van der Waals surface area contributed by atoms with Crippen molar-refractivity contribution in [3.05, 3.63) is 42.6 Å². The second kappa shape index (κ2) is 4.69. The minimum Gasteiger partial charge on any atom is -0.451 e. The highest BCUT2D eigenvalue weighted by atomic mass is 16.3. The molecule has 17 heavy (non-hydrogen) atoms. The van der Waals surface area contributed by atoms with Crippen LogP contribution in [-0.4, -0.2) is 25.0 Å². The van der Waals surface area contributed by atoms with Crippen molar-refractivity contribution in [3.63, 3.8) is 0 Å². The third-order valence-corrected chi connectivity index (χ3v) is 2.31. The number of hydrogen-bond acceptors (Lipinski definition) is 4. The Morgan fingerprint density at radius 2 is 2.00 bits per heavy atom. The highest BCUT2D eigenvalue weighted by molar-refractivity contribution is 6.02. The van der Waals surface area contributed by atoms with E-state index in [0.717, 1.165) is 11.4 Å². The predicted molar refractivity (Wildman–Crippen MR) is 65.2 cm³/mol. The standard InChI is InChI=1S/C12H13N3O2/c1-15(2)10-5-3-9(4-6-10)14-12(16)11-7-17-8-13-11/h3-8H,1-2H3,(H,14,16).